The van der Waals surface area contributed by atoms with Gasteiger partial charge >= 0.3 is 0 Å². The van der Waals surface area contributed by atoms with E-state index in [4.69, 9.17) is 0 Å². The zero-order valence-electron chi connectivity index (χ0n) is 11.7. The van der Waals surface area contributed by atoms with E-state index in [1.165, 1.54) is 24.3 Å². The smallest absolute Gasteiger partial charge is 0.125 e. The van der Waals surface area contributed by atoms with Gasteiger partial charge in [-0.05, 0) is 17.7 Å². The van der Waals surface area contributed by atoms with Crippen molar-refractivity contribution in [1.29, 1.82) is 0 Å². The molecule has 0 bridgehead atoms. The fourth-order valence-electron chi connectivity index (χ4n) is 1.26. The SMILES string of the molecule is C=CC[N+](C)(C)C.C=Cc1ccccc1S(=O)(=O)[O-]. The maximum Gasteiger partial charge on any atom is 0.125 e. The molecule has 0 aliphatic carbocycles. The average Bonchev–Trinajstić information content (AvgIpc) is 2.27. The maximum absolute atomic E-state index is 10.6. The Hall–Kier alpha value is -1.43. The highest BCUT2D eigenvalue weighted by Crippen LogP contribution is 2.15. The summed E-state index contributed by atoms with van der Waals surface area (Å²) in [5.74, 6) is 0. The summed E-state index contributed by atoms with van der Waals surface area (Å²) in [6.45, 7) is 8.07. The first kappa shape index (κ1) is 17.6. The Morgan fingerprint density at radius 3 is 2.00 bits per heavy atom. The molecule has 4 nitrogen and oxygen atoms in total. The summed E-state index contributed by atoms with van der Waals surface area (Å²) in [5.41, 5.74) is 0.340. The molecule has 0 aliphatic heterocycles. The molecule has 0 fully saturated rings. The molecular formula is C14H21NO3S. The van der Waals surface area contributed by atoms with Gasteiger partial charge in [-0.1, -0.05) is 37.4 Å². The highest BCUT2D eigenvalue weighted by molar-refractivity contribution is 7.85. The Labute approximate surface area is 116 Å². The molecule has 0 radical (unpaired) electrons. The van der Waals surface area contributed by atoms with Gasteiger partial charge in [0.15, 0.2) is 0 Å². The summed E-state index contributed by atoms with van der Waals surface area (Å²) < 4.78 is 32.8. The van der Waals surface area contributed by atoms with Gasteiger partial charge in [-0.3, -0.25) is 0 Å². The summed E-state index contributed by atoms with van der Waals surface area (Å²) in [6.07, 6.45) is 3.27. The van der Waals surface area contributed by atoms with Crippen LogP contribution in [-0.4, -0.2) is 45.1 Å². The third kappa shape index (κ3) is 7.56. The lowest BCUT2D eigenvalue weighted by atomic mass is 10.2. The van der Waals surface area contributed by atoms with Crippen molar-refractivity contribution in [2.45, 2.75) is 4.90 Å². The van der Waals surface area contributed by atoms with E-state index in [1.807, 2.05) is 6.08 Å². The summed E-state index contributed by atoms with van der Waals surface area (Å²) >= 11 is 0. The van der Waals surface area contributed by atoms with Gasteiger partial charge in [0, 0.05) is 0 Å². The predicted octanol–water partition coefficient (Wildman–Crippen LogP) is 2.11. The Balaban J connectivity index is 0.000000399. The number of benzene rings is 1. The number of quaternary nitrogens is 1. The molecule has 1 aromatic rings. The van der Waals surface area contributed by atoms with Crippen LogP contribution in [-0.2, 0) is 10.1 Å². The van der Waals surface area contributed by atoms with E-state index in [0.29, 0.717) is 5.56 Å². The van der Waals surface area contributed by atoms with E-state index in [9.17, 15) is 13.0 Å². The molecule has 0 atom stereocenters. The number of nitrogens with zero attached hydrogens (tertiary/aromatic N) is 1. The normalized spacial score (nSPS) is 11.2. The monoisotopic (exact) mass is 283 g/mol. The molecule has 0 N–H and O–H groups in total. The molecular weight excluding hydrogens is 262 g/mol. The molecule has 0 aliphatic rings. The fourth-order valence-corrected chi connectivity index (χ4v) is 1.95. The van der Waals surface area contributed by atoms with Gasteiger partial charge in [0.1, 0.15) is 10.1 Å². The van der Waals surface area contributed by atoms with Crippen LogP contribution in [0.5, 0.6) is 0 Å². The minimum atomic E-state index is -4.37. The first-order valence-electron chi connectivity index (χ1n) is 5.70. The van der Waals surface area contributed by atoms with E-state index >= 15 is 0 Å². The molecule has 0 amide bonds. The van der Waals surface area contributed by atoms with Crippen molar-refractivity contribution in [3.63, 3.8) is 0 Å². The lowest BCUT2D eigenvalue weighted by Crippen LogP contribution is -2.33. The molecule has 0 saturated carbocycles. The minimum Gasteiger partial charge on any atom is -0.744 e. The van der Waals surface area contributed by atoms with Crippen LogP contribution in [0.15, 0.2) is 48.4 Å². The van der Waals surface area contributed by atoms with Crippen LogP contribution in [0, 0.1) is 0 Å². The quantitative estimate of drug-likeness (QED) is 0.483. The largest absolute Gasteiger partial charge is 0.744 e. The summed E-state index contributed by atoms with van der Waals surface area (Å²) in [7, 11) is 2.05. The Morgan fingerprint density at radius 2 is 1.74 bits per heavy atom. The van der Waals surface area contributed by atoms with Crippen molar-refractivity contribution in [3.05, 3.63) is 49.1 Å². The minimum absolute atomic E-state index is 0.222. The van der Waals surface area contributed by atoms with E-state index in [0.717, 1.165) is 11.0 Å². The average molecular weight is 283 g/mol. The predicted molar refractivity (Wildman–Crippen MR) is 77.6 cm³/mol. The van der Waals surface area contributed by atoms with Crippen LogP contribution in [0.4, 0.5) is 0 Å². The second-order valence-electron chi connectivity index (χ2n) is 4.96. The number of hydrogen-bond donors (Lipinski definition) is 0. The van der Waals surface area contributed by atoms with Crippen molar-refractivity contribution >= 4 is 16.2 Å². The standard InChI is InChI=1S/C8H8O3S.C6H14N/c1-2-7-5-3-4-6-8(7)12(9,10)11;1-5-6-7(2,3)4/h2-6H,1H2,(H,9,10,11);5H,1,6H2,2-4H3/q;+1/p-1. The van der Waals surface area contributed by atoms with Crippen LogP contribution >= 0.6 is 0 Å². The molecule has 106 valence electrons. The van der Waals surface area contributed by atoms with Crippen LogP contribution in [0.25, 0.3) is 6.08 Å². The maximum atomic E-state index is 10.6. The van der Waals surface area contributed by atoms with E-state index in [1.54, 1.807) is 6.07 Å². The summed E-state index contributed by atoms with van der Waals surface area (Å²) in [4.78, 5) is -0.222. The van der Waals surface area contributed by atoms with Crippen LogP contribution in [0.2, 0.25) is 0 Å². The lowest BCUT2D eigenvalue weighted by molar-refractivity contribution is -0.864. The number of rotatable bonds is 4. The molecule has 1 aromatic carbocycles. The molecule has 19 heavy (non-hydrogen) atoms. The van der Waals surface area contributed by atoms with Crippen molar-refractivity contribution in [1.82, 2.24) is 0 Å². The van der Waals surface area contributed by atoms with Gasteiger partial charge in [0.25, 0.3) is 0 Å². The zero-order valence-corrected chi connectivity index (χ0v) is 12.5. The topological polar surface area (TPSA) is 57.2 Å². The number of hydrogen-bond acceptors (Lipinski definition) is 3. The van der Waals surface area contributed by atoms with E-state index < -0.39 is 10.1 Å². The summed E-state index contributed by atoms with van der Waals surface area (Å²) in [5, 5.41) is 0. The van der Waals surface area contributed by atoms with Crippen LogP contribution < -0.4 is 0 Å². The third-order valence-electron chi connectivity index (χ3n) is 2.09. The van der Waals surface area contributed by atoms with Gasteiger partial charge in [-0.25, -0.2) is 8.42 Å². The van der Waals surface area contributed by atoms with Crippen molar-refractivity contribution in [3.8, 4) is 0 Å². The summed E-state index contributed by atoms with van der Waals surface area (Å²) in [6, 6.07) is 5.93. The van der Waals surface area contributed by atoms with Crippen LogP contribution in [0.1, 0.15) is 5.56 Å². The van der Waals surface area contributed by atoms with E-state index in [-0.39, 0.29) is 4.90 Å². The fraction of sp³-hybridized carbons (Fsp3) is 0.286. The molecule has 0 spiro atoms. The second kappa shape index (κ2) is 7.23. The molecule has 0 aromatic heterocycles. The zero-order chi connectivity index (χ0) is 15.1. The highest BCUT2D eigenvalue weighted by atomic mass is 32.2. The lowest BCUT2D eigenvalue weighted by Gasteiger charge is -2.21. The molecule has 1 rings (SSSR count). The molecule has 5 heteroatoms. The van der Waals surface area contributed by atoms with Gasteiger partial charge in [-0.2, -0.15) is 0 Å². The van der Waals surface area contributed by atoms with Gasteiger partial charge in [0.2, 0.25) is 0 Å². The molecule has 0 heterocycles. The second-order valence-corrected chi connectivity index (χ2v) is 6.31. The van der Waals surface area contributed by atoms with E-state index in [2.05, 4.69) is 34.3 Å². The first-order valence-corrected chi connectivity index (χ1v) is 7.11. The van der Waals surface area contributed by atoms with Gasteiger partial charge < -0.3 is 9.04 Å². The van der Waals surface area contributed by atoms with Crippen molar-refractivity contribution < 1.29 is 17.5 Å². The molecule has 0 saturated heterocycles. The highest BCUT2D eigenvalue weighted by Gasteiger charge is 2.03. The first-order chi connectivity index (χ1) is 8.61. The van der Waals surface area contributed by atoms with Crippen molar-refractivity contribution in [2.24, 2.45) is 0 Å². The Morgan fingerprint density at radius 1 is 1.21 bits per heavy atom. The van der Waals surface area contributed by atoms with Crippen LogP contribution in [0.3, 0.4) is 0 Å². The number of likely N-dealkylation sites (N-methyl/N-ethyl adjacent to an activating group) is 1. The Bertz CT molecular complexity index is 528. The van der Waals surface area contributed by atoms with Gasteiger partial charge in [0.05, 0.1) is 32.6 Å². The third-order valence-corrected chi connectivity index (χ3v) is 3.00. The molecule has 0 unspecified atom stereocenters. The van der Waals surface area contributed by atoms with Gasteiger partial charge in [-0.15, -0.1) is 0 Å². The van der Waals surface area contributed by atoms with Crippen molar-refractivity contribution in [2.75, 3.05) is 27.7 Å². The Kier molecular flexibility index (Phi) is 6.69.